The molecule has 0 aliphatic carbocycles. The van der Waals surface area contributed by atoms with Crippen LogP contribution in [0.2, 0.25) is 0 Å². The third-order valence-corrected chi connectivity index (χ3v) is 4.58. The van der Waals surface area contributed by atoms with Crippen molar-refractivity contribution in [3.63, 3.8) is 0 Å². The lowest BCUT2D eigenvalue weighted by Crippen LogP contribution is -2.33. The van der Waals surface area contributed by atoms with Crippen molar-refractivity contribution in [3.8, 4) is 0 Å². The summed E-state index contributed by atoms with van der Waals surface area (Å²) in [4.78, 5) is 16.5. The van der Waals surface area contributed by atoms with Gasteiger partial charge in [-0.15, -0.1) is 0 Å². The second-order valence-corrected chi connectivity index (χ2v) is 6.24. The predicted octanol–water partition coefficient (Wildman–Crippen LogP) is 1.83. The van der Waals surface area contributed by atoms with Crippen LogP contribution in [0.4, 0.5) is 0 Å². The highest BCUT2D eigenvalue weighted by Crippen LogP contribution is 2.16. The lowest BCUT2D eigenvalue weighted by atomic mass is 10.2. The lowest BCUT2D eigenvalue weighted by Gasteiger charge is -2.26. The molecule has 120 valence electrons. The minimum absolute atomic E-state index is 0.290. The SMILES string of the molecule is C/C=C/CN1CCn2nc(CCC(=O)N3CCCC3)cc2C1. The summed E-state index contributed by atoms with van der Waals surface area (Å²) in [5, 5.41) is 4.67. The number of allylic oxidation sites excluding steroid dienone is 1. The largest absolute Gasteiger partial charge is 0.343 e. The van der Waals surface area contributed by atoms with Crippen molar-refractivity contribution < 1.29 is 4.79 Å². The summed E-state index contributed by atoms with van der Waals surface area (Å²) >= 11 is 0. The zero-order chi connectivity index (χ0) is 15.4. The van der Waals surface area contributed by atoms with Gasteiger partial charge in [0.15, 0.2) is 0 Å². The fourth-order valence-corrected chi connectivity index (χ4v) is 3.27. The first-order valence-electron chi connectivity index (χ1n) is 8.43. The molecule has 1 amide bonds. The van der Waals surface area contributed by atoms with Crippen LogP contribution in [0.15, 0.2) is 18.2 Å². The zero-order valence-corrected chi connectivity index (χ0v) is 13.5. The third-order valence-electron chi connectivity index (χ3n) is 4.58. The van der Waals surface area contributed by atoms with Gasteiger partial charge in [0.2, 0.25) is 5.91 Å². The van der Waals surface area contributed by atoms with Crippen molar-refractivity contribution in [1.82, 2.24) is 19.6 Å². The number of aromatic nitrogens is 2. The molecule has 0 N–H and O–H groups in total. The Morgan fingerprint density at radius 3 is 2.86 bits per heavy atom. The maximum Gasteiger partial charge on any atom is 0.222 e. The van der Waals surface area contributed by atoms with Crippen LogP contribution >= 0.6 is 0 Å². The number of carbonyl (C=O) groups is 1. The summed E-state index contributed by atoms with van der Waals surface area (Å²) in [5.74, 6) is 0.290. The fraction of sp³-hybridized carbons (Fsp3) is 0.647. The number of likely N-dealkylation sites (tertiary alicyclic amines) is 1. The van der Waals surface area contributed by atoms with Crippen molar-refractivity contribution >= 4 is 5.91 Å². The molecule has 1 saturated heterocycles. The Morgan fingerprint density at radius 1 is 1.27 bits per heavy atom. The highest BCUT2D eigenvalue weighted by atomic mass is 16.2. The molecule has 3 heterocycles. The number of amides is 1. The van der Waals surface area contributed by atoms with E-state index in [1.807, 2.05) is 4.90 Å². The second-order valence-electron chi connectivity index (χ2n) is 6.24. The average molecular weight is 302 g/mol. The molecule has 2 aliphatic rings. The first kappa shape index (κ1) is 15.3. The van der Waals surface area contributed by atoms with Gasteiger partial charge in [0, 0.05) is 45.6 Å². The van der Waals surface area contributed by atoms with E-state index < -0.39 is 0 Å². The Morgan fingerprint density at radius 2 is 2.09 bits per heavy atom. The number of hydrogen-bond donors (Lipinski definition) is 0. The molecule has 5 heteroatoms. The maximum absolute atomic E-state index is 12.1. The van der Waals surface area contributed by atoms with E-state index in [0.717, 1.165) is 64.2 Å². The normalized spacial score (nSPS) is 19.0. The van der Waals surface area contributed by atoms with Gasteiger partial charge in [0.1, 0.15) is 0 Å². The molecule has 0 atom stereocenters. The molecule has 2 aliphatic heterocycles. The summed E-state index contributed by atoms with van der Waals surface area (Å²) < 4.78 is 2.11. The summed E-state index contributed by atoms with van der Waals surface area (Å²) in [5.41, 5.74) is 2.34. The molecule has 5 nitrogen and oxygen atoms in total. The molecule has 0 aromatic carbocycles. The minimum Gasteiger partial charge on any atom is -0.343 e. The Balaban J connectivity index is 1.53. The molecule has 3 rings (SSSR count). The van der Waals surface area contributed by atoms with Crippen molar-refractivity contribution in [1.29, 1.82) is 0 Å². The van der Waals surface area contributed by atoms with Crippen LogP contribution in [0.5, 0.6) is 0 Å². The smallest absolute Gasteiger partial charge is 0.222 e. The average Bonchev–Trinajstić information content (AvgIpc) is 3.19. The van der Waals surface area contributed by atoms with Gasteiger partial charge < -0.3 is 4.90 Å². The Labute approximate surface area is 132 Å². The number of hydrogen-bond acceptors (Lipinski definition) is 3. The number of aryl methyl sites for hydroxylation is 1. The first-order valence-corrected chi connectivity index (χ1v) is 8.43. The van der Waals surface area contributed by atoms with Gasteiger partial charge >= 0.3 is 0 Å². The van der Waals surface area contributed by atoms with Crippen molar-refractivity contribution in [2.75, 3.05) is 26.2 Å². The van der Waals surface area contributed by atoms with Crippen LogP contribution in [0.1, 0.15) is 37.6 Å². The molecular formula is C17H26N4O. The topological polar surface area (TPSA) is 41.4 Å². The molecular weight excluding hydrogens is 276 g/mol. The molecule has 1 aromatic rings. The first-order chi connectivity index (χ1) is 10.8. The van der Waals surface area contributed by atoms with E-state index in [9.17, 15) is 4.79 Å². The van der Waals surface area contributed by atoms with Crippen LogP contribution in [0.3, 0.4) is 0 Å². The Hall–Kier alpha value is -1.62. The second kappa shape index (κ2) is 7.09. The van der Waals surface area contributed by atoms with Crippen molar-refractivity contribution in [2.24, 2.45) is 0 Å². The molecule has 0 saturated carbocycles. The van der Waals surface area contributed by atoms with E-state index in [2.05, 4.69) is 39.8 Å². The van der Waals surface area contributed by atoms with E-state index in [4.69, 9.17) is 0 Å². The number of carbonyl (C=O) groups excluding carboxylic acids is 1. The van der Waals surface area contributed by atoms with Crippen LogP contribution in [0.25, 0.3) is 0 Å². The number of rotatable bonds is 5. The van der Waals surface area contributed by atoms with Crippen LogP contribution in [-0.4, -0.2) is 51.7 Å². The lowest BCUT2D eigenvalue weighted by molar-refractivity contribution is -0.130. The third kappa shape index (κ3) is 3.58. The van der Waals surface area contributed by atoms with Crippen molar-refractivity contribution in [3.05, 3.63) is 29.6 Å². The quantitative estimate of drug-likeness (QED) is 0.779. The Bertz CT molecular complexity index is 543. The standard InChI is InChI=1S/C17H26N4O/c1-2-3-8-19-11-12-21-16(14-19)13-15(18-21)6-7-17(22)20-9-4-5-10-20/h2-3,13H,4-12,14H2,1H3/b3-2+. The molecule has 0 radical (unpaired) electrons. The van der Waals surface area contributed by atoms with Crippen molar-refractivity contribution in [2.45, 2.75) is 45.7 Å². The summed E-state index contributed by atoms with van der Waals surface area (Å²) in [6.07, 6.45) is 7.98. The molecule has 1 aromatic heterocycles. The van der Waals surface area contributed by atoms with E-state index >= 15 is 0 Å². The number of fused-ring (bicyclic) bond motifs is 1. The van der Waals surface area contributed by atoms with E-state index in [-0.39, 0.29) is 5.91 Å². The maximum atomic E-state index is 12.1. The van der Waals surface area contributed by atoms with E-state index in [1.165, 1.54) is 5.69 Å². The van der Waals surface area contributed by atoms with Crippen LogP contribution in [-0.2, 0) is 24.3 Å². The van der Waals surface area contributed by atoms with Gasteiger partial charge in [-0.05, 0) is 25.8 Å². The van der Waals surface area contributed by atoms with Gasteiger partial charge in [-0.3, -0.25) is 14.4 Å². The minimum atomic E-state index is 0.290. The van der Waals surface area contributed by atoms with Gasteiger partial charge in [0.25, 0.3) is 0 Å². The predicted molar refractivity (Wildman–Crippen MR) is 86.5 cm³/mol. The summed E-state index contributed by atoms with van der Waals surface area (Å²) in [7, 11) is 0. The highest BCUT2D eigenvalue weighted by molar-refractivity contribution is 5.76. The molecule has 0 bridgehead atoms. The van der Waals surface area contributed by atoms with Gasteiger partial charge in [-0.25, -0.2) is 0 Å². The molecule has 22 heavy (non-hydrogen) atoms. The van der Waals surface area contributed by atoms with Crippen LogP contribution in [0, 0.1) is 0 Å². The highest BCUT2D eigenvalue weighted by Gasteiger charge is 2.20. The van der Waals surface area contributed by atoms with Crippen LogP contribution < -0.4 is 0 Å². The van der Waals surface area contributed by atoms with E-state index in [1.54, 1.807) is 0 Å². The van der Waals surface area contributed by atoms with Gasteiger partial charge in [-0.2, -0.15) is 5.10 Å². The van der Waals surface area contributed by atoms with E-state index in [0.29, 0.717) is 6.42 Å². The number of nitrogens with zero attached hydrogens (tertiary/aromatic N) is 4. The zero-order valence-electron chi connectivity index (χ0n) is 13.5. The monoisotopic (exact) mass is 302 g/mol. The van der Waals surface area contributed by atoms with Gasteiger partial charge in [-0.1, -0.05) is 12.2 Å². The Kier molecular flexibility index (Phi) is 4.93. The molecule has 0 spiro atoms. The molecule has 1 fully saturated rings. The fourth-order valence-electron chi connectivity index (χ4n) is 3.27. The molecule has 0 unspecified atom stereocenters. The summed E-state index contributed by atoms with van der Waals surface area (Å²) in [6.45, 7) is 7.90. The van der Waals surface area contributed by atoms with Gasteiger partial charge in [0.05, 0.1) is 17.9 Å². The summed E-state index contributed by atoms with van der Waals surface area (Å²) in [6, 6.07) is 2.18.